The van der Waals surface area contributed by atoms with E-state index in [1.165, 1.54) is 16.7 Å². The third-order valence-electron chi connectivity index (χ3n) is 15.3. The van der Waals surface area contributed by atoms with Crippen LogP contribution in [-0.2, 0) is 12.4 Å². The van der Waals surface area contributed by atoms with Crippen LogP contribution in [0, 0.1) is 11.3 Å². The van der Waals surface area contributed by atoms with Crippen molar-refractivity contribution in [2.24, 2.45) is 0 Å². The number of alkyl halides is 6. The number of aromatic nitrogens is 7. The van der Waals surface area contributed by atoms with E-state index in [1.807, 2.05) is 66.7 Å². The predicted octanol–water partition coefficient (Wildman–Crippen LogP) is 17.5. The molecule has 0 spiro atoms. The molecule has 0 saturated heterocycles. The molecule has 0 aliphatic carbocycles. The van der Waals surface area contributed by atoms with Crippen LogP contribution in [0.25, 0.3) is 133 Å². The second kappa shape index (κ2) is 17.2. The zero-order valence-electron chi connectivity index (χ0n) is 41.6. The predicted molar refractivity (Wildman–Crippen MR) is 303 cm³/mol. The van der Waals surface area contributed by atoms with Gasteiger partial charge in [-0.2, -0.15) is 41.6 Å². The number of nitrogens with zero attached hydrogens (tertiary/aromatic N) is 8. The van der Waals surface area contributed by atoms with Gasteiger partial charge in [0.15, 0.2) is 11.6 Å². The van der Waals surface area contributed by atoms with E-state index in [1.54, 1.807) is 30.3 Å². The van der Waals surface area contributed by atoms with E-state index < -0.39 is 23.5 Å². The first-order chi connectivity index (χ1) is 38.9. The Morgan fingerprint density at radius 2 is 0.750 bits per heavy atom. The van der Waals surface area contributed by atoms with E-state index in [2.05, 4.69) is 105 Å². The molecule has 0 N–H and O–H groups in total. The molecule has 5 aromatic heterocycles. The van der Waals surface area contributed by atoms with E-state index in [4.69, 9.17) is 15.0 Å². The molecule has 0 fully saturated rings. The highest BCUT2D eigenvalue weighted by atomic mass is 19.4. The topological polar surface area (TPSA) is 82.2 Å². The minimum Gasteiger partial charge on any atom is -0.308 e. The smallest absolute Gasteiger partial charge is 0.308 e. The lowest BCUT2D eigenvalue weighted by atomic mass is 10.0. The highest BCUT2D eigenvalue weighted by molar-refractivity contribution is 6.40. The van der Waals surface area contributed by atoms with Crippen molar-refractivity contribution in [1.82, 2.24) is 33.2 Å². The van der Waals surface area contributed by atoms with Gasteiger partial charge in [0.2, 0.25) is 5.95 Å². The molecule has 15 aromatic rings. The summed E-state index contributed by atoms with van der Waals surface area (Å²) < 4.78 is 93.9. The lowest BCUT2D eigenvalue weighted by Gasteiger charge is -2.15. The molecule has 0 amide bonds. The van der Waals surface area contributed by atoms with Gasteiger partial charge in [-0.1, -0.05) is 121 Å². The molecule has 0 radical (unpaired) electrons. The van der Waals surface area contributed by atoms with Gasteiger partial charge < -0.3 is 13.7 Å². The van der Waals surface area contributed by atoms with Crippen LogP contribution < -0.4 is 0 Å². The Labute approximate surface area is 449 Å². The van der Waals surface area contributed by atoms with Crippen molar-refractivity contribution in [2.75, 3.05) is 0 Å². The van der Waals surface area contributed by atoms with Crippen molar-refractivity contribution in [3.63, 3.8) is 0 Å². The maximum Gasteiger partial charge on any atom is 0.416 e. The van der Waals surface area contributed by atoms with E-state index in [0.29, 0.717) is 16.8 Å². The summed E-state index contributed by atoms with van der Waals surface area (Å²) in [6.45, 7) is 0. The molecular formula is C66H36F6N8. The molecule has 0 saturated carbocycles. The molecule has 382 valence electrons. The zero-order chi connectivity index (χ0) is 54.2. The van der Waals surface area contributed by atoms with Gasteiger partial charge in [0.05, 0.1) is 66.5 Å². The summed E-state index contributed by atoms with van der Waals surface area (Å²) in [4.78, 5) is 14.8. The molecular weight excluding hydrogens is 1020 g/mol. The number of rotatable bonds is 6. The number of nitriles is 1. The normalized spacial score (nSPS) is 12.4. The molecule has 15 rings (SSSR count). The lowest BCUT2D eigenvalue weighted by Crippen LogP contribution is -2.08. The molecule has 0 unspecified atom stereocenters. The van der Waals surface area contributed by atoms with Gasteiger partial charge in [0.25, 0.3) is 0 Å². The van der Waals surface area contributed by atoms with Crippen LogP contribution in [0.2, 0.25) is 0 Å². The van der Waals surface area contributed by atoms with Crippen molar-refractivity contribution in [2.45, 2.75) is 12.4 Å². The highest BCUT2D eigenvalue weighted by Gasteiger charge is 2.35. The number of para-hydroxylation sites is 5. The fourth-order valence-corrected chi connectivity index (χ4v) is 12.0. The summed E-state index contributed by atoms with van der Waals surface area (Å²) in [6.07, 6.45) is -9.56. The van der Waals surface area contributed by atoms with E-state index in [0.717, 1.165) is 101 Å². The number of halogens is 6. The van der Waals surface area contributed by atoms with Gasteiger partial charge in [-0.15, -0.1) is 0 Å². The average molecular weight is 1060 g/mol. The maximum absolute atomic E-state index is 14.3. The summed E-state index contributed by atoms with van der Waals surface area (Å²) >= 11 is 0. The molecule has 5 heterocycles. The third kappa shape index (κ3) is 6.93. The van der Waals surface area contributed by atoms with Gasteiger partial charge in [0.1, 0.15) is 6.07 Å². The van der Waals surface area contributed by atoms with Crippen LogP contribution in [0.4, 0.5) is 26.3 Å². The molecule has 80 heavy (non-hydrogen) atoms. The van der Waals surface area contributed by atoms with Crippen LogP contribution in [0.1, 0.15) is 16.7 Å². The largest absolute Gasteiger partial charge is 0.416 e. The van der Waals surface area contributed by atoms with Crippen molar-refractivity contribution in [3.05, 3.63) is 235 Å². The summed E-state index contributed by atoms with van der Waals surface area (Å²) in [5, 5.41) is 17.4. The number of hydrogen-bond donors (Lipinski definition) is 0. The van der Waals surface area contributed by atoms with Crippen molar-refractivity contribution in [1.29, 1.82) is 5.26 Å². The molecule has 10 aromatic carbocycles. The Hall–Kier alpha value is -10.5. The molecule has 0 aliphatic rings. The average Bonchev–Trinajstić information content (AvgIpc) is 4.38. The Morgan fingerprint density at radius 3 is 1.21 bits per heavy atom. The molecule has 0 aliphatic heterocycles. The van der Waals surface area contributed by atoms with Crippen LogP contribution >= 0.6 is 0 Å². The van der Waals surface area contributed by atoms with Crippen molar-refractivity contribution < 1.29 is 26.3 Å². The van der Waals surface area contributed by atoms with Crippen LogP contribution in [0.15, 0.2) is 218 Å². The van der Waals surface area contributed by atoms with Crippen LogP contribution in [0.3, 0.4) is 0 Å². The molecule has 0 bridgehead atoms. The van der Waals surface area contributed by atoms with Gasteiger partial charge in [-0.3, -0.25) is 4.57 Å². The SMILES string of the molecule is N#Cc1cc(-c2nc(-c3ccccc3)nc(-n3c4ccc(C(F)(F)F)cc4c4cc(C(F)(F)F)ccc43)n2)ccc1-n1c2ccccc2c2c3c(c4ccccc4n3-c3ccccc3)c3c(c4ccccc4n3-c3ccccc3)c21. The summed E-state index contributed by atoms with van der Waals surface area (Å²) in [7, 11) is 0. The quantitative estimate of drug-likeness (QED) is 0.155. The number of hydrogen-bond acceptors (Lipinski definition) is 4. The number of fused-ring (bicyclic) bond motifs is 15. The second-order valence-electron chi connectivity index (χ2n) is 19.7. The van der Waals surface area contributed by atoms with Crippen molar-refractivity contribution >= 4 is 87.2 Å². The minimum atomic E-state index is -4.78. The minimum absolute atomic E-state index is 0.0617. The first-order valence-corrected chi connectivity index (χ1v) is 25.6. The Bertz CT molecular complexity index is 4960. The number of benzene rings is 10. The highest BCUT2D eigenvalue weighted by Crippen LogP contribution is 2.51. The van der Waals surface area contributed by atoms with E-state index >= 15 is 0 Å². The Morgan fingerprint density at radius 1 is 0.350 bits per heavy atom. The fourth-order valence-electron chi connectivity index (χ4n) is 12.0. The van der Waals surface area contributed by atoms with Crippen molar-refractivity contribution in [3.8, 4) is 51.9 Å². The fraction of sp³-hybridized carbons (Fsp3) is 0.0303. The van der Waals surface area contributed by atoms with Gasteiger partial charge >= 0.3 is 12.4 Å². The van der Waals surface area contributed by atoms with Crippen LogP contribution in [-0.4, -0.2) is 33.2 Å². The maximum atomic E-state index is 14.3. The monoisotopic (exact) mass is 1050 g/mol. The summed E-state index contributed by atoms with van der Waals surface area (Å²) in [5.74, 6) is 0.225. The van der Waals surface area contributed by atoms with E-state index in [-0.39, 0.29) is 45.0 Å². The first kappa shape index (κ1) is 46.8. The summed E-state index contributed by atoms with van der Waals surface area (Å²) in [6, 6.07) is 68.6. The Balaban J connectivity index is 1.03. The van der Waals surface area contributed by atoms with Gasteiger partial charge in [0, 0.05) is 65.6 Å². The lowest BCUT2D eigenvalue weighted by molar-refractivity contribution is -0.138. The van der Waals surface area contributed by atoms with Gasteiger partial charge in [-0.05, 0) is 97.1 Å². The Kier molecular flexibility index (Phi) is 10.1. The van der Waals surface area contributed by atoms with Gasteiger partial charge in [-0.25, -0.2) is 4.98 Å². The molecule has 0 atom stereocenters. The van der Waals surface area contributed by atoms with Crippen LogP contribution in [0.5, 0.6) is 0 Å². The standard InChI is InChI=1S/C66H36F6N8/c67-65(68,69)41-29-32-54-48(35-41)49-36-42(66(70,71)72)30-33-55(49)80(54)64-75-62(38-16-4-1-5-17-38)74-63(76-64)39-28-31-50(40(34-39)37-73)79-53-27-15-12-24-47(53)58-60-56(45-22-10-13-25-51(45)77(60)43-18-6-2-7-19-43)59-57(61(58)79)46-23-11-14-26-52(46)78(59)44-20-8-3-9-21-44/h1-36H. The first-order valence-electron chi connectivity index (χ1n) is 25.6. The summed E-state index contributed by atoms with van der Waals surface area (Å²) in [5.41, 5.74) is 7.74. The zero-order valence-corrected chi connectivity index (χ0v) is 41.6. The second-order valence-corrected chi connectivity index (χ2v) is 19.7. The van der Waals surface area contributed by atoms with E-state index in [9.17, 15) is 31.6 Å². The third-order valence-corrected chi connectivity index (χ3v) is 15.3. The molecule has 8 nitrogen and oxygen atoms in total. The molecule has 14 heteroatoms.